The molecule has 68 valence electrons. The minimum Gasteiger partial charge on any atom is -0.198 e. The van der Waals surface area contributed by atoms with Crippen LogP contribution in [0, 0.1) is 11.3 Å². The zero-order valence-electron chi connectivity index (χ0n) is 8.09. The summed E-state index contributed by atoms with van der Waals surface area (Å²) in [5, 5.41) is 8.42. The molecule has 0 spiro atoms. The molecule has 0 atom stereocenters. The van der Waals surface area contributed by atoms with Crippen molar-refractivity contribution < 1.29 is 0 Å². The first-order valence-corrected chi connectivity index (χ1v) is 4.81. The van der Waals surface area contributed by atoms with Crippen LogP contribution in [0.15, 0.2) is 24.3 Å². The SMILES string of the molecule is CCCc1ccc(CCC#N)cc1. The minimum atomic E-state index is 0.618. The van der Waals surface area contributed by atoms with Crippen LogP contribution in [0.4, 0.5) is 0 Å². The van der Waals surface area contributed by atoms with Crippen LogP contribution in [0.1, 0.15) is 30.9 Å². The Morgan fingerprint density at radius 2 is 1.62 bits per heavy atom. The molecule has 0 aliphatic rings. The van der Waals surface area contributed by atoms with E-state index in [9.17, 15) is 0 Å². The van der Waals surface area contributed by atoms with Crippen molar-refractivity contribution in [3.8, 4) is 6.07 Å². The van der Waals surface area contributed by atoms with E-state index in [1.165, 1.54) is 17.5 Å². The Balaban J connectivity index is 2.54. The van der Waals surface area contributed by atoms with Crippen LogP contribution in [0.25, 0.3) is 0 Å². The number of hydrogen-bond acceptors (Lipinski definition) is 1. The molecule has 1 heteroatoms. The lowest BCUT2D eigenvalue weighted by Crippen LogP contribution is -1.86. The summed E-state index contributed by atoms with van der Waals surface area (Å²) < 4.78 is 0. The monoisotopic (exact) mass is 173 g/mol. The van der Waals surface area contributed by atoms with Gasteiger partial charge in [-0.3, -0.25) is 0 Å². The molecule has 0 fully saturated rings. The summed E-state index contributed by atoms with van der Waals surface area (Å²) in [5.74, 6) is 0. The van der Waals surface area contributed by atoms with E-state index in [-0.39, 0.29) is 0 Å². The van der Waals surface area contributed by atoms with E-state index < -0.39 is 0 Å². The van der Waals surface area contributed by atoms with Crippen LogP contribution >= 0.6 is 0 Å². The molecule has 1 aromatic carbocycles. The third-order valence-corrected chi connectivity index (χ3v) is 2.09. The minimum absolute atomic E-state index is 0.618. The summed E-state index contributed by atoms with van der Waals surface area (Å²) >= 11 is 0. The Morgan fingerprint density at radius 1 is 1.08 bits per heavy atom. The van der Waals surface area contributed by atoms with E-state index in [1.807, 2.05) is 0 Å². The van der Waals surface area contributed by atoms with Crippen LogP contribution < -0.4 is 0 Å². The van der Waals surface area contributed by atoms with Crippen molar-refractivity contribution >= 4 is 0 Å². The van der Waals surface area contributed by atoms with Crippen LogP contribution in [-0.4, -0.2) is 0 Å². The average Bonchev–Trinajstić information content (AvgIpc) is 2.17. The summed E-state index contributed by atoms with van der Waals surface area (Å²) in [4.78, 5) is 0. The largest absolute Gasteiger partial charge is 0.198 e. The molecule has 1 rings (SSSR count). The van der Waals surface area contributed by atoms with Gasteiger partial charge in [0.25, 0.3) is 0 Å². The Hall–Kier alpha value is -1.29. The standard InChI is InChI=1S/C12H15N/c1-2-4-11-6-8-12(9-7-11)5-3-10-13/h6-9H,2-5H2,1H3. The Morgan fingerprint density at radius 3 is 2.08 bits per heavy atom. The van der Waals surface area contributed by atoms with Gasteiger partial charge >= 0.3 is 0 Å². The van der Waals surface area contributed by atoms with Gasteiger partial charge in [0.05, 0.1) is 6.07 Å². The van der Waals surface area contributed by atoms with E-state index in [4.69, 9.17) is 5.26 Å². The first kappa shape index (κ1) is 9.80. The average molecular weight is 173 g/mol. The predicted octanol–water partition coefficient (Wildman–Crippen LogP) is 3.10. The van der Waals surface area contributed by atoms with Crippen LogP contribution in [0.2, 0.25) is 0 Å². The molecule has 1 aromatic rings. The van der Waals surface area contributed by atoms with Crippen molar-refractivity contribution in [2.45, 2.75) is 32.6 Å². The maximum atomic E-state index is 8.42. The Kier molecular flexibility index (Phi) is 4.05. The van der Waals surface area contributed by atoms with Crippen LogP contribution in [0.5, 0.6) is 0 Å². The van der Waals surface area contributed by atoms with Gasteiger partial charge in [-0.1, -0.05) is 37.6 Å². The molecule has 0 radical (unpaired) electrons. The first-order valence-electron chi connectivity index (χ1n) is 4.81. The molecular formula is C12H15N. The molecule has 0 unspecified atom stereocenters. The number of aryl methyl sites for hydroxylation is 2. The molecule has 0 N–H and O–H groups in total. The fourth-order valence-electron chi connectivity index (χ4n) is 1.36. The van der Waals surface area contributed by atoms with Gasteiger partial charge in [0.1, 0.15) is 0 Å². The van der Waals surface area contributed by atoms with Crippen molar-refractivity contribution in [3.63, 3.8) is 0 Å². The molecule has 0 saturated heterocycles. The third kappa shape index (κ3) is 3.29. The van der Waals surface area contributed by atoms with Gasteiger partial charge in [0.2, 0.25) is 0 Å². The Bertz CT molecular complexity index is 279. The summed E-state index contributed by atoms with van der Waals surface area (Å²) in [5.41, 5.74) is 2.66. The van der Waals surface area contributed by atoms with E-state index >= 15 is 0 Å². The molecule has 0 amide bonds. The van der Waals surface area contributed by atoms with E-state index in [2.05, 4.69) is 37.3 Å². The second-order valence-electron chi connectivity index (χ2n) is 3.22. The van der Waals surface area contributed by atoms with Gasteiger partial charge in [-0.15, -0.1) is 0 Å². The molecule has 0 saturated carbocycles. The number of nitriles is 1. The lowest BCUT2D eigenvalue weighted by molar-refractivity contribution is 0.918. The molecule has 0 aliphatic carbocycles. The van der Waals surface area contributed by atoms with E-state index in [0.29, 0.717) is 6.42 Å². The van der Waals surface area contributed by atoms with Crippen molar-refractivity contribution in [1.82, 2.24) is 0 Å². The molecule has 0 heterocycles. The molecule has 0 aliphatic heterocycles. The Labute approximate surface area is 80.0 Å². The summed E-state index contributed by atoms with van der Waals surface area (Å²) in [6.07, 6.45) is 3.84. The fourth-order valence-corrected chi connectivity index (χ4v) is 1.36. The summed E-state index contributed by atoms with van der Waals surface area (Å²) in [7, 11) is 0. The van der Waals surface area contributed by atoms with E-state index in [0.717, 1.165) is 12.8 Å². The quantitative estimate of drug-likeness (QED) is 0.686. The smallest absolute Gasteiger partial charge is 0.0625 e. The first-order chi connectivity index (χ1) is 6.36. The van der Waals surface area contributed by atoms with Crippen LogP contribution in [0.3, 0.4) is 0 Å². The van der Waals surface area contributed by atoms with Crippen molar-refractivity contribution in [3.05, 3.63) is 35.4 Å². The lowest BCUT2D eigenvalue weighted by Gasteiger charge is -2.00. The molecule has 1 nitrogen and oxygen atoms in total. The second-order valence-corrected chi connectivity index (χ2v) is 3.22. The van der Waals surface area contributed by atoms with Crippen LogP contribution in [-0.2, 0) is 12.8 Å². The highest BCUT2D eigenvalue weighted by Crippen LogP contribution is 2.08. The summed E-state index contributed by atoms with van der Waals surface area (Å²) in [6, 6.07) is 10.7. The topological polar surface area (TPSA) is 23.8 Å². The maximum absolute atomic E-state index is 8.42. The van der Waals surface area contributed by atoms with Gasteiger partial charge in [0, 0.05) is 6.42 Å². The highest BCUT2D eigenvalue weighted by atomic mass is 14.2. The van der Waals surface area contributed by atoms with Gasteiger partial charge in [-0.2, -0.15) is 5.26 Å². The van der Waals surface area contributed by atoms with E-state index in [1.54, 1.807) is 0 Å². The van der Waals surface area contributed by atoms with Crippen molar-refractivity contribution in [2.75, 3.05) is 0 Å². The number of benzene rings is 1. The predicted molar refractivity (Wildman–Crippen MR) is 54.4 cm³/mol. The highest BCUT2D eigenvalue weighted by molar-refractivity contribution is 5.23. The van der Waals surface area contributed by atoms with Gasteiger partial charge in [-0.05, 0) is 24.0 Å². The zero-order valence-corrected chi connectivity index (χ0v) is 8.09. The molecular weight excluding hydrogens is 158 g/mol. The number of hydrogen-bond donors (Lipinski definition) is 0. The van der Waals surface area contributed by atoms with Gasteiger partial charge < -0.3 is 0 Å². The normalized spacial score (nSPS) is 9.54. The molecule has 13 heavy (non-hydrogen) atoms. The highest BCUT2D eigenvalue weighted by Gasteiger charge is 1.93. The van der Waals surface area contributed by atoms with Gasteiger partial charge in [-0.25, -0.2) is 0 Å². The summed E-state index contributed by atoms with van der Waals surface area (Å²) in [6.45, 7) is 2.18. The van der Waals surface area contributed by atoms with Crippen molar-refractivity contribution in [1.29, 1.82) is 5.26 Å². The number of rotatable bonds is 4. The second kappa shape index (κ2) is 5.37. The van der Waals surface area contributed by atoms with Gasteiger partial charge in [0.15, 0.2) is 0 Å². The molecule has 0 aromatic heterocycles. The zero-order chi connectivity index (χ0) is 9.52. The van der Waals surface area contributed by atoms with Crippen molar-refractivity contribution in [2.24, 2.45) is 0 Å². The number of nitrogens with zero attached hydrogens (tertiary/aromatic N) is 1. The molecule has 0 bridgehead atoms. The lowest BCUT2D eigenvalue weighted by atomic mass is 10.1. The maximum Gasteiger partial charge on any atom is 0.0625 e. The fraction of sp³-hybridized carbons (Fsp3) is 0.417. The third-order valence-electron chi connectivity index (χ3n) is 2.09.